The van der Waals surface area contributed by atoms with Crippen LogP contribution in [0.4, 0.5) is 11.4 Å². The lowest BCUT2D eigenvalue weighted by Gasteiger charge is -2.27. The number of carbonyl (C=O) groups is 2. The highest BCUT2D eigenvalue weighted by Gasteiger charge is 2.47. The highest BCUT2D eigenvalue weighted by atomic mass is 35.5. The molecule has 3 aromatic rings. The number of aryl methyl sites for hydroxylation is 2. The molecule has 1 aliphatic rings. The van der Waals surface area contributed by atoms with Gasteiger partial charge in [0.2, 0.25) is 0 Å². The zero-order valence-electron chi connectivity index (χ0n) is 21.7. The number of aliphatic hydroxyl groups is 1. The second-order valence-corrected chi connectivity index (χ2v) is 9.54. The first-order valence-corrected chi connectivity index (χ1v) is 12.7. The Morgan fingerprint density at radius 1 is 0.973 bits per heavy atom. The van der Waals surface area contributed by atoms with Crippen LogP contribution in [0.25, 0.3) is 5.76 Å². The maximum Gasteiger partial charge on any atom is 0.300 e. The number of methoxy groups -OCH3 is 1. The first kappa shape index (κ1) is 26.3. The van der Waals surface area contributed by atoms with Gasteiger partial charge in [0, 0.05) is 30.0 Å². The molecule has 0 aromatic heterocycles. The maximum atomic E-state index is 13.5. The summed E-state index contributed by atoms with van der Waals surface area (Å²) >= 11 is 6.31. The normalized spacial score (nSPS) is 16.8. The minimum absolute atomic E-state index is 0.0148. The van der Waals surface area contributed by atoms with Crippen molar-refractivity contribution in [3.63, 3.8) is 0 Å². The predicted molar refractivity (Wildman–Crippen MR) is 149 cm³/mol. The summed E-state index contributed by atoms with van der Waals surface area (Å²) in [6.45, 7) is 9.78. The standard InChI is InChI=1S/C30H31ClN2O4/c1-6-32(7-2)22-11-8-20(9-12-22)27-26(28(34)21-10-13-25(37-5)24(31)17-21)29(35)30(36)33(27)23-15-18(3)14-19(4)16-23/h8-17,27,34H,6-7H2,1-5H3/b28-26-. The summed E-state index contributed by atoms with van der Waals surface area (Å²) in [7, 11) is 1.50. The fraction of sp³-hybridized carbons (Fsp3) is 0.267. The van der Waals surface area contributed by atoms with Crippen molar-refractivity contribution < 1.29 is 19.4 Å². The van der Waals surface area contributed by atoms with E-state index in [9.17, 15) is 14.7 Å². The van der Waals surface area contributed by atoms with Crippen LogP contribution in [0.15, 0.2) is 66.2 Å². The topological polar surface area (TPSA) is 70.1 Å². The third-order valence-electron chi connectivity index (χ3n) is 6.69. The van der Waals surface area contributed by atoms with Gasteiger partial charge in [-0.05, 0) is 86.8 Å². The molecule has 0 radical (unpaired) electrons. The van der Waals surface area contributed by atoms with Crippen LogP contribution in [0.1, 0.15) is 42.1 Å². The van der Waals surface area contributed by atoms with Gasteiger partial charge in [-0.1, -0.05) is 29.8 Å². The number of rotatable bonds is 7. The number of aliphatic hydroxyl groups excluding tert-OH is 1. The number of carbonyl (C=O) groups excluding carboxylic acids is 2. The lowest BCUT2D eigenvalue weighted by atomic mass is 9.94. The number of benzene rings is 3. The van der Waals surface area contributed by atoms with Crippen LogP contribution in [0.2, 0.25) is 5.02 Å². The average molecular weight is 519 g/mol. The van der Waals surface area contributed by atoms with Crippen molar-refractivity contribution in [1.29, 1.82) is 0 Å². The average Bonchev–Trinajstić information content (AvgIpc) is 3.14. The van der Waals surface area contributed by atoms with E-state index in [-0.39, 0.29) is 16.4 Å². The molecule has 0 saturated carbocycles. The molecular weight excluding hydrogens is 488 g/mol. The summed E-state index contributed by atoms with van der Waals surface area (Å²) in [5, 5.41) is 11.7. The molecule has 0 bridgehead atoms. The molecule has 4 rings (SSSR count). The monoisotopic (exact) mass is 518 g/mol. The molecule has 7 heteroatoms. The molecule has 3 aromatic carbocycles. The Morgan fingerprint density at radius 2 is 1.59 bits per heavy atom. The third kappa shape index (κ3) is 4.94. The van der Waals surface area contributed by atoms with Gasteiger partial charge >= 0.3 is 0 Å². The van der Waals surface area contributed by atoms with Crippen LogP contribution in [0, 0.1) is 13.8 Å². The number of anilines is 2. The molecule has 1 saturated heterocycles. The summed E-state index contributed by atoms with van der Waals surface area (Å²) < 4.78 is 5.22. The molecular formula is C30H31ClN2O4. The molecule has 1 atom stereocenters. The van der Waals surface area contributed by atoms with Crippen molar-refractivity contribution >= 4 is 40.4 Å². The Kier molecular flexibility index (Phi) is 7.60. The van der Waals surface area contributed by atoms with Gasteiger partial charge < -0.3 is 14.7 Å². The minimum Gasteiger partial charge on any atom is -0.507 e. The Hall–Kier alpha value is -3.77. The SMILES string of the molecule is CCN(CC)c1ccc(C2/C(=C(/O)c3ccc(OC)c(Cl)c3)C(=O)C(=O)N2c2cc(C)cc(C)c2)cc1. The quantitative estimate of drug-likeness (QED) is 0.221. The van der Waals surface area contributed by atoms with Gasteiger partial charge in [-0.25, -0.2) is 0 Å². The van der Waals surface area contributed by atoms with E-state index in [1.54, 1.807) is 12.1 Å². The molecule has 0 aliphatic carbocycles. The summed E-state index contributed by atoms with van der Waals surface area (Å²) in [6.07, 6.45) is 0. The number of ketones is 1. The van der Waals surface area contributed by atoms with Crippen LogP contribution >= 0.6 is 11.6 Å². The molecule has 0 spiro atoms. The van der Waals surface area contributed by atoms with Crippen molar-refractivity contribution in [2.24, 2.45) is 0 Å². The first-order valence-electron chi connectivity index (χ1n) is 12.3. The van der Waals surface area contributed by atoms with E-state index in [4.69, 9.17) is 16.3 Å². The van der Waals surface area contributed by atoms with E-state index >= 15 is 0 Å². The lowest BCUT2D eigenvalue weighted by Crippen LogP contribution is -2.29. The van der Waals surface area contributed by atoms with E-state index in [1.165, 1.54) is 18.1 Å². The van der Waals surface area contributed by atoms with Crippen LogP contribution in [-0.2, 0) is 9.59 Å². The molecule has 1 amide bonds. The fourth-order valence-electron chi connectivity index (χ4n) is 4.93. The van der Waals surface area contributed by atoms with Gasteiger partial charge in [-0.15, -0.1) is 0 Å². The number of hydrogen-bond donors (Lipinski definition) is 1. The Morgan fingerprint density at radius 3 is 2.14 bits per heavy atom. The van der Waals surface area contributed by atoms with E-state index in [2.05, 4.69) is 18.7 Å². The van der Waals surface area contributed by atoms with Crippen LogP contribution in [-0.4, -0.2) is 37.0 Å². The largest absolute Gasteiger partial charge is 0.507 e. The van der Waals surface area contributed by atoms with Gasteiger partial charge in [0.1, 0.15) is 11.5 Å². The van der Waals surface area contributed by atoms with Crippen molar-refractivity contribution in [3.8, 4) is 5.75 Å². The third-order valence-corrected chi connectivity index (χ3v) is 6.99. The van der Waals surface area contributed by atoms with Crippen molar-refractivity contribution in [3.05, 3.63) is 93.5 Å². The molecule has 1 N–H and O–H groups in total. The zero-order chi connectivity index (χ0) is 26.9. The molecule has 37 heavy (non-hydrogen) atoms. The second kappa shape index (κ2) is 10.7. The molecule has 6 nitrogen and oxygen atoms in total. The molecule has 1 fully saturated rings. The summed E-state index contributed by atoms with van der Waals surface area (Å²) in [5.41, 5.74) is 4.64. The van der Waals surface area contributed by atoms with Crippen LogP contribution < -0.4 is 14.5 Å². The second-order valence-electron chi connectivity index (χ2n) is 9.13. The molecule has 1 unspecified atom stereocenters. The fourth-order valence-corrected chi connectivity index (χ4v) is 5.19. The minimum atomic E-state index is -0.812. The summed E-state index contributed by atoms with van der Waals surface area (Å²) in [5.74, 6) is -1.28. The lowest BCUT2D eigenvalue weighted by molar-refractivity contribution is -0.132. The first-order chi connectivity index (χ1) is 17.7. The van der Waals surface area contributed by atoms with E-state index in [1.807, 2.05) is 56.3 Å². The highest BCUT2D eigenvalue weighted by molar-refractivity contribution is 6.51. The van der Waals surface area contributed by atoms with Crippen LogP contribution in [0.5, 0.6) is 5.75 Å². The van der Waals surface area contributed by atoms with Crippen LogP contribution in [0.3, 0.4) is 0 Å². The van der Waals surface area contributed by atoms with Gasteiger partial charge in [0.15, 0.2) is 0 Å². The van der Waals surface area contributed by atoms with E-state index < -0.39 is 17.7 Å². The highest BCUT2D eigenvalue weighted by Crippen LogP contribution is 2.43. The molecule has 192 valence electrons. The molecule has 1 heterocycles. The van der Waals surface area contributed by atoms with Crippen molar-refractivity contribution in [2.75, 3.05) is 30.0 Å². The van der Waals surface area contributed by atoms with Crippen molar-refractivity contribution in [1.82, 2.24) is 0 Å². The number of nitrogens with zero attached hydrogens (tertiary/aromatic N) is 2. The van der Waals surface area contributed by atoms with Gasteiger partial charge in [-0.3, -0.25) is 14.5 Å². The Bertz CT molecular complexity index is 1360. The number of halogens is 1. The Balaban J connectivity index is 1.92. The number of Topliss-reactive ketones (excluding diaryl/α,β-unsaturated/α-hetero) is 1. The van der Waals surface area contributed by atoms with Gasteiger partial charge in [0.25, 0.3) is 11.7 Å². The zero-order valence-corrected chi connectivity index (χ0v) is 22.5. The maximum absolute atomic E-state index is 13.5. The van der Waals surface area contributed by atoms with E-state index in [0.29, 0.717) is 17.0 Å². The summed E-state index contributed by atoms with van der Waals surface area (Å²) in [6, 6.07) is 17.5. The smallest absolute Gasteiger partial charge is 0.300 e. The Labute approximate surface area is 222 Å². The van der Waals surface area contributed by atoms with E-state index in [0.717, 1.165) is 35.5 Å². The number of ether oxygens (including phenoxy) is 1. The summed E-state index contributed by atoms with van der Waals surface area (Å²) in [4.78, 5) is 30.6. The van der Waals surface area contributed by atoms with Crippen molar-refractivity contribution in [2.45, 2.75) is 33.7 Å². The predicted octanol–water partition coefficient (Wildman–Crippen LogP) is 6.44. The van der Waals surface area contributed by atoms with Gasteiger partial charge in [-0.2, -0.15) is 0 Å². The number of hydrogen-bond acceptors (Lipinski definition) is 5. The molecule has 1 aliphatic heterocycles. The number of amides is 1. The van der Waals surface area contributed by atoms with Gasteiger partial charge in [0.05, 0.1) is 23.7 Å².